The molecule has 0 saturated carbocycles. The van der Waals surface area contributed by atoms with Gasteiger partial charge < -0.3 is 10.2 Å². The van der Waals surface area contributed by atoms with Crippen LogP contribution in [-0.4, -0.2) is 23.7 Å². The van der Waals surface area contributed by atoms with Crippen LogP contribution < -0.4 is 10.2 Å². The minimum Gasteiger partial charge on any atom is -0.323 e. The fourth-order valence-electron chi connectivity index (χ4n) is 1.95. The molecular weight excluding hydrogens is 252 g/mol. The Labute approximate surface area is 111 Å². The lowest BCUT2D eigenvalue weighted by Crippen LogP contribution is -2.27. The number of halogens is 1. The van der Waals surface area contributed by atoms with Gasteiger partial charge in [-0.15, -0.1) is 11.6 Å². The molecule has 0 unspecified atom stereocenters. The number of carbonyl (C=O) groups excluding carboxylic acids is 2. The van der Waals surface area contributed by atoms with E-state index >= 15 is 0 Å². The maximum atomic E-state index is 11.7. The molecule has 1 aromatic rings. The van der Waals surface area contributed by atoms with Crippen molar-refractivity contribution in [2.24, 2.45) is 0 Å². The lowest BCUT2D eigenvalue weighted by atomic mass is 10.2. The maximum absolute atomic E-state index is 11.7. The summed E-state index contributed by atoms with van der Waals surface area (Å²) in [7, 11) is 0. The number of nitrogens with zero attached hydrogens (tertiary/aromatic N) is 1. The molecule has 2 amide bonds. The zero-order valence-electron chi connectivity index (χ0n) is 10.1. The third-order valence-electron chi connectivity index (χ3n) is 2.89. The molecule has 1 aliphatic heterocycles. The molecule has 96 valence electrons. The van der Waals surface area contributed by atoms with Crippen LogP contribution in [0.25, 0.3) is 0 Å². The fraction of sp³-hybridized carbons (Fsp3) is 0.385. The second-order valence-corrected chi connectivity index (χ2v) is 4.93. The quantitative estimate of drug-likeness (QED) is 0.854. The molecule has 1 heterocycles. The van der Waals surface area contributed by atoms with Gasteiger partial charge in [-0.3, -0.25) is 9.59 Å². The number of hydrogen-bond acceptors (Lipinski definition) is 2. The molecule has 18 heavy (non-hydrogen) atoms. The van der Waals surface area contributed by atoms with Gasteiger partial charge in [0, 0.05) is 13.0 Å². The monoisotopic (exact) mass is 266 g/mol. The first-order valence-corrected chi connectivity index (χ1v) is 6.37. The highest BCUT2D eigenvalue weighted by Crippen LogP contribution is 2.29. The molecule has 5 heteroatoms. The smallest absolute Gasteiger partial charge is 0.242 e. The number of amides is 2. The summed E-state index contributed by atoms with van der Waals surface area (Å²) >= 11 is 5.73. The van der Waals surface area contributed by atoms with Gasteiger partial charge in [-0.05, 0) is 25.5 Å². The van der Waals surface area contributed by atoms with Gasteiger partial charge in [0.05, 0.1) is 11.4 Å². The van der Waals surface area contributed by atoms with Gasteiger partial charge in [0.2, 0.25) is 11.8 Å². The molecule has 0 radical (unpaired) electrons. The van der Waals surface area contributed by atoms with Crippen molar-refractivity contribution in [2.45, 2.75) is 25.1 Å². The first kappa shape index (κ1) is 12.9. The average Bonchev–Trinajstić information content (AvgIpc) is 2.76. The highest BCUT2D eigenvalue weighted by Gasteiger charge is 2.24. The van der Waals surface area contributed by atoms with Gasteiger partial charge in [0.15, 0.2) is 0 Å². The number of nitrogens with one attached hydrogen (secondary N) is 1. The minimum atomic E-state index is -0.604. The van der Waals surface area contributed by atoms with E-state index in [-0.39, 0.29) is 11.8 Å². The average molecular weight is 267 g/mol. The Morgan fingerprint density at radius 3 is 2.78 bits per heavy atom. The SMILES string of the molecule is C[C@@H](Cl)C(=O)Nc1ccccc1N1CCCC1=O. The largest absolute Gasteiger partial charge is 0.323 e. The molecule has 1 atom stereocenters. The van der Waals surface area contributed by atoms with Crippen molar-refractivity contribution < 1.29 is 9.59 Å². The van der Waals surface area contributed by atoms with Crippen molar-refractivity contribution in [2.75, 3.05) is 16.8 Å². The van der Waals surface area contributed by atoms with E-state index in [1.54, 1.807) is 17.9 Å². The minimum absolute atomic E-state index is 0.0932. The van der Waals surface area contributed by atoms with Crippen LogP contribution in [0.2, 0.25) is 0 Å². The van der Waals surface area contributed by atoms with Gasteiger partial charge in [-0.25, -0.2) is 0 Å². The third kappa shape index (κ3) is 2.64. The van der Waals surface area contributed by atoms with E-state index in [1.165, 1.54) is 0 Å². The van der Waals surface area contributed by atoms with E-state index in [4.69, 9.17) is 11.6 Å². The Morgan fingerprint density at radius 1 is 1.44 bits per heavy atom. The predicted molar refractivity (Wildman–Crippen MR) is 72.0 cm³/mol. The first-order valence-electron chi connectivity index (χ1n) is 5.94. The summed E-state index contributed by atoms with van der Waals surface area (Å²) in [4.78, 5) is 25.1. The van der Waals surface area contributed by atoms with Crippen molar-refractivity contribution in [1.82, 2.24) is 0 Å². The maximum Gasteiger partial charge on any atom is 0.242 e. The van der Waals surface area contributed by atoms with Crippen LogP contribution in [0, 0.1) is 0 Å². The number of anilines is 2. The van der Waals surface area contributed by atoms with Crippen LogP contribution in [0.3, 0.4) is 0 Å². The van der Waals surface area contributed by atoms with Crippen molar-refractivity contribution in [3.63, 3.8) is 0 Å². The van der Waals surface area contributed by atoms with Crippen molar-refractivity contribution in [1.29, 1.82) is 0 Å². The molecule has 0 aliphatic carbocycles. The summed E-state index contributed by atoms with van der Waals surface area (Å²) in [5.74, 6) is -0.175. The Bertz CT molecular complexity index is 474. The third-order valence-corrected chi connectivity index (χ3v) is 3.09. The van der Waals surface area contributed by atoms with Gasteiger partial charge in [0.1, 0.15) is 5.38 Å². The Morgan fingerprint density at radius 2 is 2.17 bits per heavy atom. The molecular formula is C13H15ClN2O2. The van der Waals surface area contributed by atoms with Gasteiger partial charge in [-0.2, -0.15) is 0 Å². The Kier molecular flexibility index (Phi) is 3.87. The summed E-state index contributed by atoms with van der Waals surface area (Å²) in [5.41, 5.74) is 1.37. The lowest BCUT2D eigenvalue weighted by molar-refractivity contribution is -0.117. The number of rotatable bonds is 3. The predicted octanol–water partition coefficient (Wildman–Crippen LogP) is 2.38. The molecule has 0 aromatic heterocycles. The number of benzene rings is 1. The number of para-hydroxylation sites is 2. The Balaban J connectivity index is 2.25. The van der Waals surface area contributed by atoms with E-state index in [2.05, 4.69) is 5.32 Å². The summed E-state index contributed by atoms with van der Waals surface area (Å²) in [6.07, 6.45) is 1.42. The summed E-state index contributed by atoms with van der Waals surface area (Å²) < 4.78 is 0. The van der Waals surface area contributed by atoms with Crippen LogP contribution in [0.5, 0.6) is 0 Å². The first-order chi connectivity index (χ1) is 8.59. The van der Waals surface area contributed by atoms with Gasteiger partial charge in [0.25, 0.3) is 0 Å². The fourth-order valence-corrected chi connectivity index (χ4v) is 2.00. The molecule has 1 saturated heterocycles. The molecule has 1 aliphatic rings. The number of hydrogen-bond donors (Lipinski definition) is 1. The van der Waals surface area contributed by atoms with Crippen molar-refractivity contribution in [3.8, 4) is 0 Å². The number of carbonyl (C=O) groups is 2. The zero-order chi connectivity index (χ0) is 13.1. The molecule has 2 rings (SSSR count). The van der Waals surface area contributed by atoms with E-state index in [1.807, 2.05) is 18.2 Å². The van der Waals surface area contributed by atoms with Crippen LogP contribution in [0.1, 0.15) is 19.8 Å². The highest BCUT2D eigenvalue weighted by atomic mass is 35.5. The molecule has 1 fully saturated rings. The van der Waals surface area contributed by atoms with E-state index in [0.717, 1.165) is 12.1 Å². The lowest BCUT2D eigenvalue weighted by Gasteiger charge is -2.20. The normalized spacial score (nSPS) is 16.8. The van der Waals surface area contributed by atoms with Crippen LogP contribution in [-0.2, 0) is 9.59 Å². The zero-order valence-corrected chi connectivity index (χ0v) is 10.9. The summed E-state index contributed by atoms with van der Waals surface area (Å²) in [5, 5.41) is 2.14. The highest BCUT2D eigenvalue weighted by molar-refractivity contribution is 6.32. The molecule has 1 aromatic carbocycles. The van der Waals surface area contributed by atoms with E-state index < -0.39 is 5.38 Å². The van der Waals surface area contributed by atoms with Crippen LogP contribution in [0.4, 0.5) is 11.4 Å². The summed E-state index contributed by atoms with van der Waals surface area (Å²) in [6.45, 7) is 2.31. The van der Waals surface area contributed by atoms with Gasteiger partial charge >= 0.3 is 0 Å². The van der Waals surface area contributed by atoms with Crippen LogP contribution in [0.15, 0.2) is 24.3 Å². The second-order valence-electron chi connectivity index (χ2n) is 4.27. The summed E-state index contributed by atoms with van der Waals surface area (Å²) in [6, 6.07) is 7.27. The molecule has 0 spiro atoms. The second kappa shape index (κ2) is 5.40. The van der Waals surface area contributed by atoms with E-state index in [0.29, 0.717) is 18.7 Å². The topological polar surface area (TPSA) is 49.4 Å². The molecule has 1 N–H and O–H groups in total. The van der Waals surface area contributed by atoms with Crippen LogP contribution >= 0.6 is 11.6 Å². The molecule has 0 bridgehead atoms. The Hall–Kier alpha value is -1.55. The molecule has 4 nitrogen and oxygen atoms in total. The van der Waals surface area contributed by atoms with Crippen molar-refractivity contribution in [3.05, 3.63) is 24.3 Å². The van der Waals surface area contributed by atoms with Crippen molar-refractivity contribution >= 4 is 34.8 Å². The van der Waals surface area contributed by atoms with Gasteiger partial charge in [-0.1, -0.05) is 12.1 Å². The van der Waals surface area contributed by atoms with E-state index in [9.17, 15) is 9.59 Å². The standard InChI is InChI=1S/C13H15ClN2O2/c1-9(14)13(18)15-10-5-2-3-6-11(10)16-8-4-7-12(16)17/h2-3,5-6,9H,4,7-8H2,1H3,(H,15,18)/t9-/m1/s1. The number of alkyl halides is 1.